The normalized spacial score (nSPS) is 10.1. The highest BCUT2D eigenvalue weighted by molar-refractivity contribution is 9.10. The van der Waals surface area contributed by atoms with Crippen LogP contribution in [0.1, 0.15) is 5.56 Å². The summed E-state index contributed by atoms with van der Waals surface area (Å²) in [6, 6.07) is 7.72. The van der Waals surface area contributed by atoms with Gasteiger partial charge >= 0.3 is 0 Å². The van der Waals surface area contributed by atoms with Gasteiger partial charge in [0.2, 0.25) is 5.13 Å². The van der Waals surface area contributed by atoms with Crippen molar-refractivity contribution >= 4 is 44.2 Å². The largest absolute Gasteiger partial charge is 0.353 e. The van der Waals surface area contributed by atoms with Gasteiger partial charge in [0.1, 0.15) is 0 Å². The Hall–Kier alpha value is -1.10. The molecule has 0 unspecified atom stereocenters. The van der Waals surface area contributed by atoms with Crippen molar-refractivity contribution in [1.82, 2.24) is 10.2 Å². The highest BCUT2D eigenvalue weighted by Crippen LogP contribution is 2.34. The summed E-state index contributed by atoms with van der Waals surface area (Å²) in [4.78, 5) is 2.89. The van der Waals surface area contributed by atoms with E-state index in [1.165, 1.54) is 23.1 Å². The molecule has 18 heavy (non-hydrogen) atoms. The van der Waals surface area contributed by atoms with Gasteiger partial charge in [0.25, 0.3) is 0 Å². The molecule has 0 N–H and O–H groups in total. The molecule has 1 aromatic carbocycles. The lowest BCUT2D eigenvalue weighted by molar-refractivity contribution is 0.972. The Bertz CT molecular complexity index is 603. The third-order valence-corrected chi connectivity index (χ3v) is 4.56. The molecule has 0 atom stereocenters. The van der Waals surface area contributed by atoms with Crippen LogP contribution in [0.15, 0.2) is 31.9 Å². The second-order valence-corrected chi connectivity index (χ2v) is 6.83. The van der Waals surface area contributed by atoms with Gasteiger partial charge in [0.05, 0.1) is 11.6 Å². The molecule has 1 heterocycles. The molecule has 2 rings (SSSR count). The van der Waals surface area contributed by atoms with Gasteiger partial charge in [-0.3, -0.25) is 0 Å². The highest BCUT2D eigenvalue weighted by Gasteiger charge is 2.08. The Morgan fingerprint density at radius 1 is 1.33 bits per heavy atom. The first-order valence-electron chi connectivity index (χ1n) is 4.98. The summed E-state index contributed by atoms with van der Waals surface area (Å²) < 4.78 is 1.75. The highest BCUT2D eigenvalue weighted by atomic mass is 79.9. The maximum atomic E-state index is 8.92. The van der Waals surface area contributed by atoms with Gasteiger partial charge in [0, 0.05) is 23.5 Å². The van der Waals surface area contributed by atoms with Gasteiger partial charge in [-0.05, 0) is 18.2 Å². The van der Waals surface area contributed by atoms with Gasteiger partial charge in [-0.1, -0.05) is 39.0 Å². The molecular weight excluding hydrogens is 332 g/mol. The molecule has 92 valence electrons. The Balaban J connectivity index is 2.23. The quantitative estimate of drug-likeness (QED) is 0.857. The molecule has 2 aromatic rings. The van der Waals surface area contributed by atoms with Gasteiger partial charge in [-0.15, -0.1) is 10.2 Å². The molecule has 4 nitrogen and oxygen atoms in total. The van der Waals surface area contributed by atoms with E-state index in [-0.39, 0.29) is 0 Å². The molecule has 0 saturated heterocycles. The summed E-state index contributed by atoms with van der Waals surface area (Å²) in [7, 11) is 3.86. The summed E-state index contributed by atoms with van der Waals surface area (Å²) in [5.41, 5.74) is 0.629. The number of aromatic nitrogens is 2. The third kappa shape index (κ3) is 3.22. The molecule has 0 bridgehead atoms. The fourth-order valence-corrected chi connectivity index (χ4v) is 3.69. The summed E-state index contributed by atoms with van der Waals surface area (Å²) in [5, 5.41) is 18.0. The first kappa shape index (κ1) is 13.3. The Morgan fingerprint density at radius 3 is 2.72 bits per heavy atom. The topological polar surface area (TPSA) is 52.8 Å². The van der Waals surface area contributed by atoms with Crippen molar-refractivity contribution < 1.29 is 0 Å². The van der Waals surface area contributed by atoms with Crippen molar-refractivity contribution in [2.45, 2.75) is 9.24 Å². The molecule has 0 saturated carbocycles. The molecule has 0 spiro atoms. The molecule has 0 aliphatic carbocycles. The monoisotopic (exact) mass is 340 g/mol. The van der Waals surface area contributed by atoms with E-state index in [4.69, 9.17) is 5.26 Å². The number of halogens is 1. The number of anilines is 1. The first-order chi connectivity index (χ1) is 8.58. The smallest absolute Gasteiger partial charge is 0.208 e. The summed E-state index contributed by atoms with van der Waals surface area (Å²) in [5.74, 6) is 0. The van der Waals surface area contributed by atoms with Crippen LogP contribution in [-0.4, -0.2) is 24.3 Å². The van der Waals surface area contributed by atoms with Crippen molar-refractivity contribution in [2.24, 2.45) is 0 Å². The van der Waals surface area contributed by atoms with Crippen molar-refractivity contribution in [3.05, 3.63) is 28.2 Å². The lowest BCUT2D eigenvalue weighted by Gasteiger charge is -2.03. The molecular formula is C11H9BrN4S2. The zero-order valence-corrected chi connectivity index (χ0v) is 12.9. The lowest BCUT2D eigenvalue weighted by atomic mass is 10.2. The van der Waals surface area contributed by atoms with E-state index in [2.05, 4.69) is 32.2 Å². The van der Waals surface area contributed by atoms with E-state index in [9.17, 15) is 0 Å². The van der Waals surface area contributed by atoms with Gasteiger partial charge in [-0.25, -0.2) is 0 Å². The van der Waals surface area contributed by atoms with Gasteiger partial charge in [-0.2, -0.15) is 5.26 Å². The van der Waals surface area contributed by atoms with Crippen LogP contribution >= 0.6 is 39.0 Å². The average Bonchev–Trinajstić information content (AvgIpc) is 2.76. The van der Waals surface area contributed by atoms with E-state index < -0.39 is 0 Å². The van der Waals surface area contributed by atoms with Gasteiger partial charge in [0.15, 0.2) is 4.34 Å². The number of hydrogen-bond donors (Lipinski definition) is 0. The van der Waals surface area contributed by atoms with E-state index in [1.54, 1.807) is 6.07 Å². The second-order valence-electron chi connectivity index (χ2n) is 3.63. The standard InChI is InChI=1S/C11H9BrN4S2/c1-16(2)10-14-15-11(18-10)17-9-4-7(6-13)3-8(12)5-9/h3-5H,1-2H3. The zero-order valence-electron chi connectivity index (χ0n) is 9.72. The summed E-state index contributed by atoms with van der Waals surface area (Å²) >= 11 is 6.42. The predicted molar refractivity (Wildman–Crippen MR) is 77.2 cm³/mol. The summed E-state index contributed by atoms with van der Waals surface area (Å²) in [6.07, 6.45) is 0. The minimum atomic E-state index is 0.629. The molecule has 1 aromatic heterocycles. The Kier molecular flexibility index (Phi) is 4.22. The van der Waals surface area contributed by atoms with Crippen LogP contribution in [0.2, 0.25) is 0 Å². The molecule has 0 aliphatic heterocycles. The summed E-state index contributed by atoms with van der Waals surface area (Å²) in [6.45, 7) is 0. The molecule has 0 radical (unpaired) electrons. The predicted octanol–water partition coefficient (Wildman–Crippen LogP) is 3.39. The molecule has 0 aliphatic rings. The maximum absolute atomic E-state index is 8.92. The maximum Gasteiger partial charge on any atom is 0.208 e. The van der Waals surface area contributed by atoms with Crippen molar-refractivity contribution in [1.29, 1.82) is 5.26 Å². The SMILES string of the molecule is CN(C)c1nnc(Sc2cc(Br)cc(C#N)c2)s1. The fraction of sp³-hybridized carbons (Fsp3) is 0.182. The van der Waals surface area contributed by atoms with Crippen LogP contribution in [0.5, 0.6) is 0 Å². The van der Waals surface area contributed by atoms with E-state index in [0.29, 0.717) is 5.56 Å². The van der Waals surface area contributed by atoms with Crippen LogP contribution < -0.4 is 4.90 Å². The zero-order chi connectivity index (χ0) is 13.1. The van der Waals surface area contributed by atoms with Crippen LogP contribution in [0.3, 0.4) is 0 Å². The van der Waals surface area contributed by atoms with Crippen molar-refractivity contribution in [3.8, 4) is 6.07 Å². The van der Waals surface area contributed by atoms with Gasteiger partial charge < -0.3 is 4.90 Å². The van der Waals surface area contributed by atoms with E-state index >= 15 is 0 Å². The minimum absolute atomic E-state index is 0.629. The minimum Gasteiger partial charge on any atom is -0.353 e. The molecule has 0 amide bonds. The van der Waals surface area contributed by atoms with Crippen LogP contribution in [0.25, 0.3) is 0 Å². The van der Waals surface area contributed by atoms with Crippen molar-refractivity contribution in [3.63, 3.8) is 0 Å². The number of benzene rings is 1. The fourth-order valence-electron chi connectivity index (χ4n) is 1.21. The van der Waals surface area contributed by atoms with Crippen LogP contribution in [0.4, 0.5) is 5.13 Å². The lowest BCUT2D eigenvalue weighted by Crippen LogP contribution is -2.07. The number of rotatable bonds is 3. The van der Waals surface area contributed by atoms with E-state index in [0.717, 1.165) is 18.8 Å². The third-order valence-electron chi connectivity index (χ3n) is 1.98. The Morgan fingerprint density at radius 2 is 2.11 bits per heavy atom. The molecule has 0 fully saturated rings. The number of hydrogen-bond acceptors (Lipinski definition) is 6. The average molecular weight is 341 g/mol. The number of nitrogens with zero attached hydrogens (tertiary/aromatic N) is 4. The van der Waals surface area contributed by atoms with E-state index in [1.807, 2.05) is 31.1 Å². The Labute approximate surface area is 122 Å². The van der Waals surface area contributed by atoms with Crippen LogP contribution in [-0.2, 0) is 0 Å². The number of nitriles is 1. The first-order valence-corrected chi connectivity index (χ1v) is 7.40. The van der Waals surface area contributed by atoms with Crippen LogP contribution in [0, 0.1) is 11.3 Å². The second kappa shape index (κ2) is 5.69. The van der Waals surface area contributed by atoms with Crippen molar-refractivity contribution in [2.75, 3.05) is 19.0 Å². The molecule has 7 heteroatoms.